The van der Waals surface area contributed by atoms with Crippen molar-refractivity contribution in [3.63, 3.8) is 0 Å². The highest BCUT2D eigenvalue weighted by Crippen LogP contribution is 2.16. The van der Waals surface area contributed by atoms with Crippen molar-refractivity contribution in [2.45, 2.75) is 13.3 Å². The summed E-state index contributed by atoms with van der Waals surface area (Å²) in [5.41, 5.74) is 1.51. The quantitative estimate of drug-likeness (QED) is 0.640. The molecule has 0 bridgehead atoms. The zero-order chi connectivity index (χ0) is 9.84. The van der Waals surface area contributed by atoms with E-state index in [0.29, 0.717) is 11.2 Å². The smallest absolute Gasteiger partial charge is 0.488 e. The lowest BCUT2D eigenvalue weighted by Crippen LogP contribution is -2.29. The predicted molar refractivity (Wildman–Crippen MR) is 52.2 cm³/mol. The first-order valence-electron chi connectivity index (χ1n) is 4.22. The van der Waals surface area contributed by atoms with Gasteiger partial charge in [0.05, 0.1) is 7.11 Å². The van der Waals surface area contributed by atoms with E-state index >= 15 is 0 Å². The standard InChI is InChI=1S/C9H13BO3/c1-3-7-4-5-8(10(11)12)6-9(7)13-2/h4-6,11-12H,3H2,1-2H3. The number of rotatable bonds is 3. The third-order valence-corrected chi connectivity index (χ3v) is 1.99. The van der Waals surface area contributed by atoms with Gasteiger partial charge in [0, 0.05) is 0 Å². The Bertz CT molecular complexity index is 286. The molecular weight excluding hydrogens is 167 g/mol. The molecule has 2 N–H and O–H groups in total. The number of ether oxygens (including phenoxy) is 1. The van der Waals surface area contributed by atoms with Crippen molar-refractivity contribution in [3.05, 3.63) is 23.8 Å². The van der Waals surface area contributed by atoms with Crippen LogP contribution >= 0.6 is 0 Å². The summed E-state index contributed by atoms with van der Waals surface area (Å²) in [4.78, 5) is 0. The Labute approximate surface area is 78.1 Å². The van der Waals surface area contributed by atoms with E-state index in [9.17, 15) is 0 Å². The van der Waals surface area contributed by atoms with Crippen LogP contribution in [0.1, 0.15) is 12.5 Å². The molecule has 1 aromatic carbocycles. The van der Waals surface area contributed by atoms with Crippen LogP contribution in [0.5, 0.6) is 5.75 Å². The molecule has 0 spiro atoms. The van der Waals surface area contributed by atoms with E-state index in [2.05, 4.69) is 0 Å². The summed E-state index contributed by atoms with van der Waals surface area (Å²) in [6, 6.07) is 5.17. The molecule has 0 aliphatic carbocycles. The predicted octanol–water partition coefficient (Wildman–Crippen LogP) is -0.0626. The molecule has 0 fully saturated rings. The van der Waals surface area contributed by atoms with Gasteiger partial charge in [-0.3, -0.25) is 0 Å². The van der Waals surface area contributed by atoms with Gasteiger partial charge in [0.1, 0.15) is 5.75 Å². The molecule has 0 atom stereocenters. The Kier molecular flexibility index (Phi) is 3.34. The van der Waals surface area contributed by atoms with E-state index in [1.165, 1.54) is 0 Å². The second kappa shape index (κ2) is 4.30. The molecule has 0 saturated carbocycles. The molecule has 3 nitrogen and oxygen atoms in total. The van der Waals surface area contributed by atoms with Crippen molar-refractivity contribution in [1.29, 1.82) is 0 Å². The molecule has 0 radical (unpaired) electrons. The average Bonchev–Trinajstić information content (AvgIpc) is 2.16. The Morgan fingerprint density at radius 3 is 2.54 bits per heavy atom. The first kappa shape index (κ1) is 10.1. The molecule has 0 heterocycles. The second-order valence-corrected chi connectivity index (χ2v) is 2.80. The number of benzene rings is 1. The molecule has 1 aromatic rings. The Hall–Kier alpha value is -0.995. The molecule has 0 aliphatic rings. The highest BCUT2D eigenvalue weighted by molar-refractivity contribution is 6.58. The number of hydrogen-bond acceptors (Lipinski definition) is 3. The van der Waals surface area contributed by atoms with Gasteiger partial charge in [0.25, 0.3) is 0 Å². The summed E-state index contributed by atoms with van der Waals surface area (Å²) in [5, 5.41) is 17.8. The largest absolute Gasteiger partial charge is 0.496 e. The molecule has 0 saturated heterocycles. The summed E-state index contributed by atoms with van der Waals surface area (Å²) in [6.45, 7) is 2.02. The second-order valence-electron chi connectivity index (χ2n) is 2.80. The normalized spacial score (nSPS) is 9.85. The van der Waals surface area contributed by atoms with E-state index in [1.807, 2.05) is 13.0 Å². The number of aryl methyl sites for hydroxylation is 1. The highest BCUT2D eigenvalue weighted by atomic mass is 16.5. The highest BCUT2D eigenvalue weighted by Gasteiger charge is 2.12. The van der Waals surface area contributed by atoms with Gasteiger partial charge in [0.15, 0.2) is 0 Å². The molecule has 0 unspecified atom stereocenters. The topological polar surface area (TPSA) is 49.7 Å². The minimum absolute atomic E-state index is 0.453. The minimum Gasteiger partial charge on any atom is -0.496 e. The summed E-state index contributed by atoms with van der Waals surface area (Å²) < 4.78 is 5.10. The van der Waals surface area contributed by atoms with E-state index in [4.69, 9.17) is 14.8 Å². The third-order valence-electron chi connectivity index (χ3n) is 1.99. The monoisotopic (exact) mass is 180 g/mol. The molecule has 13 heavy (non-hydrogen) atoms. The van der Waals surface area contributed by atoms with Crippen molar-refractivity contribution in [1.82, 2.24) is 0 Å². The van der Waals surface area contributed by atoms with Crippen molar-refractivity contribution in [2.24, 2.45) is 0 Å². The Morgan fingerprint density at radius 1 is 1.38 bits per heavy atom. The Balaban J connectivity index is 3.05. The maximum Gasteiger partial charge on any atom is 0.488 e. The van der Waals surface area contributed by atoms with Crippen LogP contribution in [0.2, 0.25) is 0 Å². The molecule has 0 aromatic heterocycles. The van der Waals surface area contributed by atoms with E-state index < -0.39 is 7.12 Å². The number of methoxy groups -OCH3 is 1. The SMILES string of the molecule is CCc1ccc(B(O)O)cc1OC. The minimum atomic E-state index is -1.43. The van der Waals surface area contributed by atoms with Gasteiger partial charge in [-0.15, -0.1) is 0 Å². The molecule has 1 rings (SSSR count). The van der Waals surface area contributed by atoms with Crippen LogP contribution in [0.15, 0.2) is 18.2 Å². The van der Waals surface area contributed by atoms with Crippen LogP contribution in [-0.4, -0.2) is 24.3 Å². The molecule has 0 amide bonds. The van der Waals surface area contributed by atoms with E-state index in [-0.39, 0.29) is 0 Å². The van der Waals surface area contributed by atoms with Gasteiger partial charge < -0.3 is 14.8 Å². The van der Waals surface area contributed by atoms with E-state index in [1.54, 1.807) is 19.2 Å². The average molecular weight is 180 g/mol. The molecule has 4 heteroatoms. The van der Waals surface area contributed by atoms with Crippen molar-refractivity contribution >= 4 is 12.6 Å². The molecule has 70 valence electrons. The molecular formula is C9H13BO3. The van der Waals surface area contributed by atoms with Gasteiger partial charge >= 0.3 is 7.12 Å². The lowest BCUT2D eigenvalue weighted by Gasteiger charge is -2.08. The lowest BCUT2D eigenvalue weighted by molar-refractivity contribution is 0.408. The van der Waals surface area contributed by atoms with Gasteiger partial charge in [-0.2, -0.15) is 0 Å². The molecule has 0 aliphatic heterocycles. The summed E-state index contributed by atoms with van der Waals surface area (Å²) in [5.74, 6) is 0.702. The van der Waals surface area contributed by atoms with Crippen molar-refractivity contribution in [2.75, 3.05) is 7.11 Å². The summed E-state index contributed by atoms with van der Waals surface area (Å²) in [7, 11) is 0.141. The maximum absolute atomic E-state index is 8.91. The van der Waals surface area contributed by atoms with Crippen LogP contribution in [0.25, 0.3) is 0 Å². The lowest BCUT2D eigenvalue weighted by atomic mass is 9.80. The summed E-state index contributed by atoms with van der Waals surface area (Å²) >= 11 is 0. The van der Waals surface area contributed by atoms with Crippen LogP contribution < -0.4 is 10.2 Å². The number of hydrogen-bond donors (Lipinski definition) is 2. The van der Waals surface area contributed by atoms with Crippen LogP contribution in [0, 0.1) is 0 Å². The first-order valence-corrected chi connectivity index (χ1v) is 4.22. The van der Waals surface area contributed by atoms with Gasteiger partial charge in [0.2, 0.25) is 0 Å². The van der Waals surface area contributed by atoms with Crippen molar-refractivity contribution < 1.29 is 14.8 Å². The fourth-order valence-electron chi connectivity index (χ4n) is 1.21. The zero-order valence-corrected chi connectivity index (χ0v) is 7.82. The zero-order valence-electron chi connectivity index (χ0n) is 7.82. The van der Waals surface area contributed by atoms with Crippen LogP contribution in [0.4, 0.5) is 0 Å². The van der Waals surface area contributed by atoms with Gasteiger partial charge in [-0.25, -0.2) is 0 Å². The Morgan fingerprint density at radius 2 is 2.08 bits per heavy atom. The van der Waals surface area contributed by atoms with E-state index in [0.717, 1.165) is 12.0 Å². The van der Waals surface area contributed by atoms with Crippen molar-refractivity contribution in [3.8, 4) is 5.75 Å². The van der Waals surface area contributed by atoms with Gasteiger partial charge in [-0.05, 0) is 23.5 Å². The fraction of sp³-hybridized carbons (Fsp3) is 0.333. The fourth-order valence-corrected chi connectivity index (χ4v) is 1.21. The van der Waals surface area contributed by atoms with Crippen LogP contribution in [0.3, 0.4) is 0 Å². The first-order chi connectivity index (χ1) is 6.19. The summed E-state index contributed by atoms with van der Waals surface area (Å²) in [6.07, 6.45) is 0.866. The van der Waals surface area contributed by atoms with Gasteiger partial charge in [-0.1, -0.05) is 19.1 Å². The van der Waals surface area contributed by atoms with Crippen LogP contribution in [-0.2, 0) is 6.42 Å². The maximum atomic E-state index is 8.91. The third kappa shape index (κ3) is 2.23.